The molecule has 2 aromatic carbocycles. The Balaban J connectivity index is 1.95. The molecule has 0 saturated heterocycles. The normalized spacial score (nSPS) is 16.2. The summed E-state index contributed by atoms with van der Waals surface area (Å²) < 4.78 is 65.6. The van der Waals surface area contributed by atoms with Gasteiger partial charge in [-0.15, -0.1) is 0 Å². The summed E-state index contributed by atoms with van der Waals surface area (Å²) in [5, 5.41) is 11.2. The highest BCUT2D eigenvalue weighted by Gasteiger charge is 2.40. The van der Waals surface area contributed by atoms with Crippen LogP contribution in [0.2, 0.25) is 0 Å². The summed E-state index contributed by atoms with van der Waals surface area (Å²) >= 11 is 0. The molecule has 2 amide bonds. The number of nitrogens with zero attached hydrogens (tertiary/aromatic N) is 2. The second-order valence-electron chi connectivity index (χ2n) is 6.41. The first kappa shape index (κ1) is 20.3. The molecule has 29 heavy (non-hydrogen) atoms. The summed E-state index contributed by atoms with van der Waals surface area (Å²) in [4.78, 5) is 25.5. The lowest BCUT2D eigenvalue weighted by Crippen LogP contribution is -2.47. The minimum absolute atomic E-state index is 0.0595. The van der Waals surface area contributed by atoms with Gasteiger partial charge >= 0.3 is 6.18 Å². The zero-order chi connectivity index (χ0) is 21.3. The maximum absolute atomic E-state index is 13.6. The number of nitriles is 1. The predicted molar refractivity (Wildman–Crippen MR) is 90.8 cm³/mol. The number of amides is 2. The molecule has 1 aliphatic rings. The van der Waals surface area contributed by atoms with E-state index >= 15 is 0 Å². The molecule has 0 fully saturated rings. The van der Waals surface area contributed by atoms with Crippen molar-refractivity contribution in [2.75, 3.05) is 18.4 Å². The molecule has 1 aliphatic heterocycles. The van der Waals surface area contributed by atoms with E-state index in [0.29, 0.717) is 4.90 Å². The van der Waals surface area contributed by atoms with Gasteiger partial charge in [0.15, 0.2) is 0 Å². The van der Waals surface area contributed by atoms with Gasteiger partial charge < -0.3 is 10.2 Å². The van der Waals surface area contributed by atoms with E-state index in [0.717, 1.165) is 30.3 Å². The Labute approximate surface area is 161 Å². The molecule has 1 N–H and O–H groups in total. The van der Waals surface area contributed by atoms with Crippen molar-refractivity contribution in [3.05, 3.63) is 64.7 Å². The Bertz CT molecular complexity index is 1030. The molecule has 3 rings (SSSR count). The van der Waals surface area contributed by atoms with Gasteiger partial charge in [0.1, 0.15) is 18.2 Å². The monoisotopic (exact) mass is 409 g/mol. The Morgan fingerprint density at radius 2 is 1.90 bits per heavy atom. The molecule has 0 radical (unpaired) electrons. The van der Waals surface area contributed by atoms with Gasteiger partial charge in [-0.2, -0.15) is 18.4 Å². The van der Waals surface area contributed by atoms with Gasteiger partial charge in [-0.3, -0.25) is 9.59 Å². The molecule has 0 unspecified atom stereocenters. The number of hydrogen-bond donors (Lipinski definition) is 1. The summed E-state index contributed by atoms with van der Waals surface area (Å²) in [6.45, 7) is -2.20. The first-order chi connectivity index (χ1) is 13.6. The highest BCUT2D eigenvalue weighted by atomic mass is 19.4. The number of alkyl halides is 3. The smallest absolute Gasteiger partial charge is 0.328 e. The Morgan fingerprint density at radius 1 is 1.17 bits per heavy atom. The largest absolute Gasteiger partial charge is 0.406 e. The average molecular weight is 409 g/mol. The van der Waals surface area contributed by atoms with E-state index in [-0.39, 0.29) is 22.4 Å². The fraction of sp³-hybridized carbons (Fsp3) is 0.211. The van der Waals surface area contributed by atoms with Gasteiger partial charge in [0, 0.05) is 17.8 Å². The summed E-state index contributed by atoms with van der Waals surface area (Å²) in [5.74, 6) is -4.75. The Morgan fingerprint density at radius 3 is 2.55 bits per heavy atom. The standard InChI is InChI=1S/C19H12F5N3O2/c20-11-1-2-14-15(6-11)18(29)27(9-19(22,23)24)8-16(14)17(28)26-13-4-10(7-25)3-12(21)5-13/h1-6,16H,8-9H2,(H,26,28)/t16-/m0/s1. The van der Waals surface area contributed by atoms with Crippen molar-refractivity contribution in [1.29, 1.82) is 5.26 Å². The molecule has 1 atom stereocenters. The summed E-state index contributed by atoms with van der Waals surface area (Å²) in [5.41, 5.74) is -0.434. The lowest BCUT2D eigenvalue weighted by molar-refractivity contribution is -0.142. The van der Waals surface area contributed by atoms with Crippen molar-refractivity contribution in [3.63, 3.8) is 0 Å². The van der Waals surface area contributed by atoms with Crippen molar-refractivity contribution in [3.8, 4) is 6.07 Å². The second-order valence-corrected chi connectivity index (χ2v) is 6.41. The van der Waals surface area contributed by atoms with E-state index in [1.165, 1.54) is 6.07 Å². The SMILES string of the molecule is N#Cc1cc(F)cc(NC(=O)[C@H]2CN(CC(F)(F)F)C(=O)c3cc(F)ccc32)c1. The van der Waals surface area contributed by atoms with Crippen LogP contribution in [0.15, 0.2) is 36.4 Å². The minimum atomic E-state index is -4.72. The van der Waals surface area contributed by atoms with Crippen molar-refractivity contribution in [2.24, 2.45) is 0 Å². The zero-order valence-electron chi connectivity index (χ0n) is 14.6. The number of hydrogen-bond acceptors (Lipinski definition) is 3. The van der Waals surface area contributed by atoms with Crippen LogP contribution in [-0.4, -0.2) is 36.0 Å². The molecule has 0 bridgehead atoms. The number of nitrogens with one attached hydrogen (secondary N) is 1. The summed E-state index contributed by atoms with van der Waals surface area (Å²) in [6.07, 6.45) is -4.72. The lowest BCUT2D eigenvalue weighted by atomic mass is 9.88. The average Bonchev–Trinajstić information content (AvgIpc) is 2.62. The van der Waals surface area contributed by atoms with Crippen LogP contribution in [0.1, 0.15) is 27.4 Å². The van der Waals surface area contributed by atoms with Crippen LogP contribution in [0.5, 0.6) is 0 Å². The van der Waals surface area contributed by atoms with Crippen LogP contribution in [-0.2, 0) is 4.79 Å². The Hall–Kier alpha value is -3.48. The fourth-order valence-electron chi connectivity index (χ4n) is 3.12. The molecular weight excluding hydrogens is 397 g/mol. The topological polar surface area (TPSA) is 73.2 Å². The molecule has 0 aliphatic carbocycles. The van der Waals surface area contributed by atoms with Crippen molar-refractivity contribution in [2.45, 2.75) is 12.1 Å². The van der Waals surface area contributed by atoms with Gasteiger partial charge in [-0.25, -0.2) is 8.78 Å². The third-order valence-corrected chi connectivity index (χ3v) is 4.29. The van der Waals surface area contributed by atoms with Crippen LogP contribution in [0.4, 0.5) is 27.6 Å². The van der Waals surface area contributed by atoms with E-state index in [2.05, 4.69) is 5.32 Å². The minimum Gasteiger partial charge on any atom is -0.328 e. The Kier molecular flexibility index (Phi) is 5.24. The fourth-order valence-corrected chi connectivity index (χ4v) is 3.12. The molecule has 0 aromatic heterocycles. The number of carbonyl (C=O) groups is 2. The second kappa shape index (κ2) is 7.50. The van der Waals surface area contributed by atoms with E-state index in [9.17, 15) is 31.5 Å². The highest BCUT2D eigenvalue weighted by Crippen LogP contribution is 2.32. The molecule has 0 spiro atoms. The van der Waals surface area contributed by atoms with Gasteiger partial charge in [-0.1, -0.05) is 6.07 Å². The number of carbonyl (C=O) groups excluding carboxylic acids is 2. The number of halogens is 5. The number of benzene rings is 2. The van der Waals surface area contributed by atoms with Gasteiger partial charge in [0.2, 0.25) is 5.91 Å². The van der Waals surface area contributed by atoms with Crippen molar-refractivity contribution < 1.29 is 31.5 Å². The number of fused-ring (bicyclic) bond motifs is 1. The van der Waals surface area contributed by atoms with Crippen LogP contribution in [0.25, 0.3) is 0 Å². The van der Waals surface area contributed by atoms with Crippen LogP contribution in [0.3, 0.4) is 0 Å². The molecule has 10 heteroatoms. The molecular formula is C19H12F5N3O2. The van der Waals surface area contributed by atoms with Crippen LogP contribution >= 0.6 is 0 Å². The quantitative estimate of drug-likeness (QED) is 0.788. The van der Waals surface area contributed by atoms with Crippen LogP contribution < -0.4 is 5.32 Å². The van der Waals surface area contributed by atoms with Gasteiger partial charge in [0.05, 0.1) is 17.6 Å². The van der Waals surface area contributed by atoms with Crippen molar-refractivity contribution >= 4 is 17.5 Å². The lowest BCUT2D eigenvalue weighted by Gasteiger charge is -2.34. The molecule has 2 aromatic rings. The first-order valence-electron chi connectivity index (χ1n) is 8.24. The molecule has 1 heterocycles. The third kappa shape index (κ3) is 4.51. The summed E-state index contributed by atoms with van der Waals surface area (Å²) in [7, 11) is 0. The number of anilines is 1. The van der Waals surface area contributed by atoms with E-state index in [4.69, 9.17) is 5.26 Å². The third-order valence-electron chi connectivity index (χ3n) is 4.29. The van der Waals surface area contributed by atoms with Crippen molar-refractivity contribution in [1.82, 2.24) is 4.90 Å². The maximum Gasteiger partial charge on any atom is 0.406 e. The van der Waals surface area contributed by atoms with Gasteiger partial charge in [-0.05, 0) is 35.9 Å². The van der Waals surface area contributed by atoms with Gasteiger partial charge in [0.25, 0.3) is 5.91 Å². The highest BCUT2D eigenvalue weighted by molar-refractivity contribution is 6.03. The molecule has 150 valence electrons. The first-order valence-corrected chi connectivity index (χ1v) is 8.24. The zero-order valence-corrected chi connectivity index (χ0v) is 14.6. The van der Waals surface area contributed by atoms with E-state index in [1.807, 2.05) is 0 Å². The van der Waals surface area contributed by atoms with E-state index in [1.54, 1.807) is 6.07 Å². The number of rotatable bonds is 3. The predicted octanol–water partition coefficient (Wildman–Crippen LogP) is 3.58. The maximum atomic E-state index is 13.6. The molecule has 0 saturated carbocycles. The summed E-state index contributed by atoms with van der Waals surface area (Å²) in [6, 6.07) is 7.70. The molecule has 5 nitrogen and oxygen atoms in total. The van der Waals surface area contributed by atoms with Crippen LogP contribution in [0, 0.1) is 23.0 Å². The van der Waals surface area contributed by atoms with E-state index < -0.39 is 48.6 Å².